The van der Waals surface area contributed by atoms with Gasteiger partial charge in [0.05, 0.1) is 34.3 Å². The van der Waals surface area contributed by atoms with Gasteiger partial charge in [0.15, 0.2) is 0 Å². The lowest BCUT2D eigenvalue weighted by Gasteiger charge is -2.42. The van der Waals surface area contributed by atoms with E-state index in [-0.39, 0.29) is 72.8 Å². The van der Waals surface area contributed by atoms with Crippen LogP contribution in [-0.4, -0.2) is 142 Å². The Hall–Kier alpha value is -8.08. The molecule has 0 radical (unpaired) electrons. The number of aryl methyl sites for hydroxylation is 2. The molecule has 30 heteroatoms. The largest absolute Gasteiger partial charge is 0.444 e. The van der Waals surface area contributed by atoms with Crippen LogP contribution in [0.1, 0.15) is 161 Å². The summed E-state index contributed by atoms with van der Waals surface area (Å²) in [7, 11) is 2.56. The number of hydrogen-bond donors (Lipinski definition) is 2. The number of halogens is 14. The quantitative estimate of drug-likeness (QED) is 0.148. The van der Waals surface area contributed by atoms with Crippen LogP contribution in [0.4, 0.5) is 80.6 Å². The number of benzene rings is 4. The van der Waals surface area contributed by atoms with Crippen molar-refractivity contribution in [2.75, 3.05) is 53.4 Å². The van der Waals surface area contributed by atoms with E-state index in [4.69, 9.17) is 9.47 Å². The minimum absolute atomic E-state index is 0.0298. The standard InChI is InChI=1S/2C34H41F7N4O4/c2*1-20-14-25(35)6-7-27(20)28-18-26(42-29(46)22-8-11-44(12-9-22)31(48)49-32(2,3)4)10-13-45(28)30(47)43(5)19-21-15-23(33(36,37)38)17-24(16-21)34(39,40)41/h2*6-7,14-17,22,26,28H,8-13,18-19H2,1-5H3,(H,42,46)/t26-,28+;26-,28-/m01/s1. The van der Waals surface area contributed by atoms with Crippen molar-refractivity contribution < 1.29 is 99.7 Å². The lowest BCUT2D eigenvalue weighted by Crippen LogP contribution is -2.52. The Labute approximate surface area is 559 Å². The maximum Gasteiger partial charge on any atom is 0.416 e. The second-order valence-electron chi connectivity index (χ2n) is 27.5. The van der Waals surface area contributed by atoms with E-state index in [0.717, 1.165) is 9.80 Å². The van der Waals surface area contributed by atoms with Crippen LogP contribution in [0.25, 0.3) is 0 Å². The average Bonchev–Trinajstić information content (AvgIpc) is 0.799. The van der Waals surface area contributed by atoms with Crippen LogP contribution in [-0.2, 0) is 56.9 Å². The van der Waals surface area contributed by atoms with Gasteiger partial charge in [0.2, 0.25) is 11.8 Å². The van der Waals surface area contributed by atoms with Crippen LogP contribution in [0.5, 0.6) is 0 Å². The molecule has 4 aliphatic heterocycles. The first-order valence-corrected chi connectivity index (χ1v) is 31.9. The first kappa shape index (κ1) is 77.3. The monoisotopic (exact) mass is 1400 g/mol. The number of carbonyl (C=O) groups excluding carboxylic acids is 6. The SMILES string of the molecule is Cc1cc(F)ccc1[C@H]1C[C@@H](NC(=O)C2CCN(C(=O)OC(C)(C)C)CC2)CCN1C(=O)N(C)Cc1cc(C(F)(F)F)cc(C(F)(F)F)c1.Cc1cc(F)ccc1[C@H]1C[C@H](NC(=O)C2CCN(C(=O)OC(C)(C)C)CC2)CCN1C(=O)N(C)Cc1cc(C(F)(F)F)cc(C(F)(F)F)c1. The molecule has 0 bridgehead atoms. The zero-order valence-electron chi connectivity index (χ0n) is 55.9. The Kier molecular flexibility index (Phi) is 24.1. The number of rotatable bonds is 10. The summed E-state index contributed by atoms with van der Waals surface area (Å²) in [5, 5.41) is 6.12. The lowest BCUT2D eigenvalue weighted by molar-refractivity contribution is -0.144. The van der Waals surface area contributed by atoms with Crippen molar-refractivity contribution in [3.05, 3.63) is 140 Å². The molecule has 16 nitrogen and oxygen atoms in total. The molecule has 4 heterocycles. The number of carbonyl (C=O) groups is 6. The van der Waals surface area contributed by atoms with Crippen molar-refractivity contribution >= 4 is 36.1 Å². The van der Waals surface area contributed by atoms with E-state index in [1.54, 1.807) is 65.2 Å². The van der Waals surface area contributed by atoms with Crippen LogP contribution < -0.4 is 10.6 Å². The molecule has 4 aromatic carbocycles. The second kappa shape index (κ2) is 30.6. The molecule has 4 fully saturated rings. The predicted molar refractivity (Wildman–Crippen MR) is 331 cm³/mol. The number of nitrogens with one attached hydrogen (secondary N) is 2. The molecular weight excluding hydrogens is 1320 g/mol. The molecule has 8 amide bonds. The van der Waals surface area contributed by atoms with Crippen LogP contribution in [0.15, 0.2) is 72.8 Å². The molecule has 0 saturated carbocycles. The highest BCUT2D eigenvalue weighted by Crippen LogP contribution is 2.41. The fourth-order valence-corrected chi connectivity index (χ4v) is 12.5. The smallest absolute Gasteiger partial charge is 0.416 e. The molecule has 0 spiro atoms. The number of nitrogens with zero attached hydrogens (tertiary/aromatic N) is 6. The zero-order valence-corrected chi connectivity index (χ0v) is 55.9. The van der Waals surface area contributed by atoms with Gasteiger partial charge in [-0.2, -0.15) is 52.7 Å². The summed E-state index contributed by atoms with van der Waals surface area (Å²) in [6, 6.07) is 7.04. The minimum atomic E-state index is -5.04. The summed E-state index contributed by atoms with van der Waals surface area (Å²) >= 11 is 0. The Morgan fingerprint density at radius 3 is 1.01 bits per heavy atom. The number of ether oxygens (including phenoxy) is 2. The van der Waals surface area contributed by atoms with Gasteiger partial charge in [0.25, 0.3) is 0 Å². The predicted octanol–water partition coefficient (Wildman–Crippen LogP) is 15.4. The highest BCUT2D eigenvalue weighted by atomic mass is 19.4. The molecule has 540 valence electrons. The first-order chi connectivity index (χ1) is 45.2. The Morgan fingerprint density at radius 2 is 0.745 bits per heavy atom. The summed E-state index contributed by atoms with van der Waals surface area (Å²) in [5.41, 5.74) is -5.70. The summed E-state index contributed by atoms with van der Waals surface area (Å²) < 4.78 is 200. The number of urea groups is 2. The van der Waals surface area contributed by atoms with Gasteiger partial charge in [-0.05, 0) is 201 Å². The third-order valence-electron chi connectivity index (χ3n) is 17.4. The normalized spacial score (nSPS) is 19.4. The first-order valence-electron chi connectivity index (χ1n) is 31.9. The zero-order chi connectivity index (χ0) is 72.9. The van der Waals surface area contributed by atoms with Gasteiger partial charge in [0.1, 0.15) is 22.8 Å². The van der Waals surface area contributed by atoms with Crippen molar-refractivity contribution in [3.63, 3.8) is 0 Å². The highest BCUT2D eigenvalue weighted by molar-refractivity contribution is 5.81. The molecule has 0 unspecified atom stereocenters. The van der Waals surface area contributed by atoms with Gasteiger partial charge >= 0.3 is 49.0 Å². The number of amides is 8. The minimum Gasteiger partial charge on any atom is -0.444 e. The van der Waals surface area contributed by atoms with Gasteiger partial charge in [-0.3, -0.25) is 9.59 Å². The third kappa shape index (κ3) is 21.0. The summed E-state index contributed by atoms with van der Waals surface area (Å²) in [6.07, 6.45) is -18.2. The van der Waals surface area contributed by atoms with Crippen LogP contribution in [0.3, 0.4) is 0 Å². The topological polar surface area (TPSA) is 164 Å². The van der Waals surface area contributed by atoms with Crippen molar-refractivity contribution in [3.8, 4) is 0 Å². The molecule has 2 N–H and O–H groups in total. The molecule has 4 saturated heterocycles. The maximum absolute atomic E-state index is 14.0. The van der Waals surface area contributed by atoms with Gasteiger partial charge in [-0.1, -0.05) is 12.1 Å². The molecule has 98 heavy (non-hydrogen) atoms. The number of piperidine rings is 4. The van der Waals surface area contributed by atoms with E-state index >= 15 is 0 Å². The summed E-state index contributed by atoms with van der Waals surface area (Å²) in [6.45, 7) is 14.4. The van der Waals surface area contributed by atoms with Crippen molar-refractivity contribution in [1.29, 1.82) is 0 Å². The summed E-state index contributed by atoms with van der Waals surface area (Å²) in [4.78, 5) is 87.1. The van der Waals surface area contributed by atoms with E-state index in [1.165, 1.54) is 60.3 Å². The maximum atomic E-state index is 14.0. The lowest BCUT2D eigenvalue weighted by atomic mass is 9.88. The van der Waals surface area contributed by atoms with Crippen LogP contribution in [0.2, 0.25) is 0 Å². The molecule has 4 aromatic rings. The second-order valence-corrected chi connectivity index (χ2v) is 27.5. The number of likely N-dealkylation sites (tertiary alicyclic amines) is 4. The molecule has 4 atom stereocenters. The van der Waals surface area contributed by atoms with Crippen LogP contribution >= 0.6 is 0 Å². The molecule has 8 rings (SSSR count). The fourth-order valence-electron chi connectivity index (χ4n) is 12.5. The van der Waals surface area contributed by atoms with Crippen molar-refractivity contribution in [2.45, 2.75) is 180 Å². The molecular formula is C68H82F14N8O8. The van der Waals surface area contributed by atoms with E-state index in [0.29, 0.717) is 111 Å². The van der Waals surface area contributed by atoms with Gasteiger partial charge < -0.3 is 49.5 Å². The Bertz CT molecular complexity index is 3230. The van der Waals surface area contributed by atoms with Gasteiger partial charge in [-0.25, -0.2) is 28.0 Å². The van der Waals surface area contributed by atoms with Crippen LogP contribution in [0, 0.1) is 37.3 Å². The van der Waals surface area contributed by atoms with E-state index in [9.17, 15) is 90.2 Å². The Morgan fingerprint density at radius 1 is 0.449 bits per heavy atom. The van der Waals surface area contributed by atoms with Gasteiger partial charge in [-0.15, -0.1) is 0 Å². The van der Waals surface area contributed by atoms with Gasteiger partial charge in [0, 0.05) is 90.4 Å². The molecule has 4 aliphatic rings. The highest BCUT2D eigenvalue weighted by Gasteiger charge is 2.43. The molecule has 0 aromatic heterocycles. The number of hydrogen-bond acceptors (Lipinski definition) is 8. The van der Waals surface area contributed by atoms with E-state index in [1.807, 2.05) is 0 Å². The fraction of sp³-hybridized carbons (Fsp3) is 0.559. The third-order valence-corrected chi connectivity index (χ3v) is 17.4. The van der Waals surface area contributed by atoms with E-state index < -0.39 is 131 Å². The van der Waals surface area contributed by atoms with Crippen molar-refractivity contribution in [2.24, 2.45) is 11.8 Å². The molecule has 0 aliphatic carbocycles. The summed E-state index contributed by atoms with van der Waals surface area (Å²) in [5.74, 6) is -2.12. The number of alkyl halides is 12. The average molecular weight is 1410 g/mol. The van der Waals surface area contributed by atoms with Crippen molar-refractivity contribution in [1.82, 2.24) is 40.0 Å². The van der Waals surface area contributed by atoms with E-state index in [2.05, 4.69) is 10.6 Å². The Balaban J connectivity index is 0.000000276.